The molecule has 0 aliphatic carbocycles. The number of benzene rings is 1. The van der Waals surface area contributed by atoms with Gasteiger partial charge in [0.1, 0.15) is 5.52 Å². The molecule has 0 amide bonds. The first kappa shape index (κ1) is 13.0. The Morgan fingerprint density at radius 3 is 2.63 bits per heavy atom. The minimum Gasteiger partial charge on any atom is -0.404 e. The first-order valence-corrected chi connectivity index (χ1v) is 5.23. The number of nitrogens with zero attached hydrogens (tertiary/aromatic N) is 2. The van der Waals surface area contributed by atoms with Crippen molar-refractivity contribution in [3.05, 3.63) is 41.9 Å². The highest BCUT2D eigenvalue weighted by Crippen LogP contribution is 2.33. The maximum Gasteiger partial charge on any atom is 0.418 e. The molecule has 0 atom stereocenters. The van der Waals surface area contributed by atoms with E-state index in [0.717, 1.165) is 18.5 Å². The molecule has 2 rings (SSSR count). The molecule has 0 radical (unpaired) electrons. The third-order valence-corrected chi connectivity index (χ3v) is 2.51. The molecule has 0 unspecified atom stereocenters. The Morgan fingerprint density at radius 2 is 2.05 bits per heavy atom. The predicted octanol–water partition coefficient (Wildman–Crippen LogP) is 2.60. The molecule has 4 nitrogen and oxygen atoms in total. The van der Waals surface area contributed by atoms with Crippen LogP contribution in [0, 0.1) is 5.41 Å². The fraction of sp³-hybridized carbons (Fsp3) is 0.0833. The van der Waals surface area contributed by atoms with Crippen LogP contribution in [0.1, 0.15) is 11.3 Å². The van der Waals surface area contributed by atoms with Crippen LogP contribution in [0.15, 0.2) is 30.6 Å². The Kier molecular flexibility index (Phi) is 3.20. The molecular formula is C12H9F3N4. The number of hydrogen-bond donors (Lipinski definition) is 2. The van der Waals surface area contributed by atoms with Gasteiger partial charge in [0.15, 0.2) is 0 Å². The van der Waals surface area contributed by atoms with Crippen molar-refractivity contribution < 1.29 is 13.2 Å². The van der Waals surface area contributed by atoms with E-state index in [1.54, 1.807) is 0 Å². The molecule has 98 valence electrons. The van der Waals surface area contributed by atoms with Gasteiger partial charge in [0.25, 0.3) is 0 Å². The van der Waals surface area contributed by atoms with E-state index < -0.39 is 11.7 Å². The molecule has 0 aliphatic heterocycles. The van der Waals surface area contributed by atoms with Crippen molar-refractivity contribution in [2.45, 2.75) is 6.18 Å². The maximum atomic E-state index is 12.9. The zero-order valence-corrected chi connectivity index (χ0v) is 9.57. The lowest BCUT2D eigenvalue weighted by molar-refractivity contribution is -0.136. The quantitative estimate of drug-likeness (QED) is 0.820. The van der Waals surface area contributed by atoms with E-state index in [1.807, 2.05) is 0 Å². The number of hydrogen-bond acceptors (Lipinski definition) is 4. The molecule has 1 aromatic carbocycles. The molecule has 7 heteroatoms. The molecule has 0 saturated heterocycles. The van der Waals surface area contributed by atoms with Gasteiger partial charge in [-0.1, -0.05) is 6.07 Å². The molecule has 0 bridgehead atoms. The van der Waals surface area contributed by atoms with Crippen molar-refractivity contribution in [3.8, 4) is 0 Å². The Morgan fingerprint density at radius 1 is 1.32 bits per heavy atom. The number of alkyl halides is 3. The lowest BCUT2D eigenvalue weighted by Crippen LogP contribution is -2.08. The van der Waals surface area contributed by atoms with Gasteiger partial charge in [0, 0.05) is 18.0 Å². The Bertz CT molecular complexity index is 662. The van der Waals surface area contributed by atoms with E-state index in [0.29, 0.717) is 0 Å². The number of nitrogens with one attached hydrogen (secondary N) is 1. The molecule has 0 spiro atoms. The zero-order valence-electron chi connectivity index (χ0n) is 9.57. The minimum absolute atomic E-state index is 0.127. The van der Waals surface area contributed by atoms with Crippen LogP contribution >= 0.6 is 0 Å². The van der Waals surface area contributed by atoms with E-state index >= 15 is 0 Å². The first-order chi connectivity index (χ1) is 8.97. The second-order valence-corrected chi connectivity index (χ2v) is 3.69. The third-order valence-electron chi connectivity index (χ3n) is 2.51. The second-order valence-electron chi connectivity index (χ2n) is 3.69. The minimum atomic E-state index is -4.51. The van der Waals surface area contributed by atoms with Crippen molar-refractivity contribution in [1.82, 2.24) is 9.97 Å². The Hall–Kier alpha value is -2.44. The van der Waals surface area contributed by atoms with Gasteiger partial charge in [-0.15, -0.1) is 0 Å². The summed E-state index contributed by atoms with van der Waals surface area (Å²) in [6.07, 6.45) is -1.22. The normalized spacial score (nSPS) is 12.7. The molecule has 0 aliphatic rings. The van der Waals surface area contributed by atoms with Crippen molar-refractivity contribution in [2.75, 3.05) is 0 Å². The summed E-state index contributed by atoms with van der Waals surface area (Å²) in [5.41, 5.74) is 4.63. The van der Waals surface area contributed by atoms with E-state index in [4.69, 9.17) is 11.1 Å². The van der Waals surface area contributed by atoms with Crippen LogP contribution in [0.3, 0.4) is 0 Å². The maximum absolute atomic E-state index is 12.9. The number of aromatic nitrogens is 2. The summed E-state index contributed by atoms with van der Waals surface area (Å²) in [6, 6.07) is 3.66. The summed E-state index contributed by atoms with van der Waals surface area (Å²) in [5, 5.41) is 7.12. The van der Waals surface area contributed by atoms with Gasteiger partial charge < -0.3 is 11.1 Å². The van der Waals surface area contributed by atoms with E-state index in [9.17, 15) is 13.2 Å². The summed E-state index contributed by atoms with van der Waals surface area (Å²) >= 11 is 0. The molecule has 1 aromatic heterocycles. The second kappa shape index (κ2) is 4.68. The van der Waals surface area contributed by atoms with Crippen LogP contribution in [0.5, 0.6) is 0 Å². The summed E-state index contributed by atoms with van der Waals surface area (Å²) in [7, 11) is 0. The number of nitrogens with two attached hydrogens (primary N) is 1. The number of fused-ring (bicyclic) bond motifs is 1. The van der Waals surface area contributed by atoms with Crippen LogP contribution < -0.4 is 5.73 Å². The zero-order chi connectivity index (χ0) is 14.0. The summed E-state index contributed by atoms with van der Waals surface area (Å²) in [4.78, 5) is 7.81. The summed E-state index contributed by atoms with van der Waals surface area (Å²) < 4.78 is 38.6. The highest BCUT2D eigenvalue weighted by Gasteiger charge is 2.33. The fourth-order valence-electron chi connectivity index (χ4n) is 1.61. The third kappa shape index (κ3) is 2.40. The topological polar surface area (TPSA) is 75.7 Å². The van der Waals surface area contributed by atoms with Crippen LogP contribution in [0.25, 0.3) is 16.6 Å². The van der Waals surface area contributed by atoms with Crippen molar-refractivity contribution in [2.24, 2.45) is 5.73 Å². The summed E-state index contributed by atoms with van der Waals surface area (Å²) in [6.45, 7) is 0. The fourth-order valence-corrected chi connectivity index (χ4v) is 1.61. The largest absolute Gasteiger partial charge is 0.418 e. The van der Waals surface area contributed by atoms with E-state index in [-0.39, 0.29) is 22.3 Å². The molecule has 0 saturated carbocycles. The van der Waals surface area contributed by atoms with Gasteiger partial charge in [-0.25, -0.2) is 4.98 Å². The SMILES string of the molecule is N=C/C(=C\N)c1cnc2cccc(C(F)(F)F)c2n1. The monoisotopic (exact) mass is 266 g/mol. The Labute approximate surface area is 106 Å². The van der Waals surface area contributed by atoms with Gasteiger partial charge in [-0.3, -0.25) is 4.98 Å². The molecule has 2 aromatic rings. The lowest BCUT2D eigenvalue weighted by atomic mass is 10.1. The van der Waals surface area contributed by atoms with Gasteiger partial charge in [0.05, 0.1) is 23.0 Å². The van der Waals surface area contributed by atoms with Gasteiger partial charge in [-0.05, 0) is 12.1 Å². The smallest absolute Gasteiger partial charge is 0.404 e. The molecule has 1 heterocycles. The van der Waals surface area contributed by atoms with E-state index in [2.05, 4.69) is 9.97 Å². The molecular weight excluding hydrogens is 257 g/mol. The molecule has 3 N–H and O–H groups in total. The highest BCUT2D eigenvalue weighted by atomic mass is 19.4. The number of halogens is 3. The average molecular weight is 266 g/mol. The van der Waals surface area contributed by atoms with Crippen LogP contribution in [-0.4, -0.2) is 16.2 Å². The van der Waals surface area contributed by atoms with Crippen molar-refractivity contribution in [3.63, 3.8) is 0 Å². The number of allylic oxidation sites excluding steroid dienone is 1. The standard InChI is InChI=1S/C12H9F3N4/c13-12(14,15)8-2-1-3-9-11(8)19-10(6-18-9)7(4-16)5-17/h1-6,16H,17H2/b7-5+,16-4?. The average Bonchev–Trinajstić information content (AvgIpc) is 2.38. The van der Waals surface area contributed by atoms with Gasteiger partial charge in [0.2, 0.25) is 0 Å². The molecule has 0 fully saturated rings. The van der Waals surface area contributed by atoms with Crippen LogP contribution in [0.4, 0.5) is 13.2 Å². The number of para-hydroxylation sites is 1. The highest BCUT2D eigenvalue weighted by molar-refractivity contribution is 6.07. The van der Waals surface area contributed by atoms with Gasteiger partial charge in [-0.2, -0.15) is 13.2 Å². The lowest BCUT2D eigenvalue weighted by Gasteiger charge is -2.10. The van der Waals surface area contributed by atoms with E-state index in [1.165, 1.54) is 18.3 Å². The Balaban J connectivity index is 2.74. The van der Waals surface area contributed by atoms with Crippen molar-refractivity contribution in [1.29, 1.82) is 5.41 Å². The molecule has 19 heavy (non-hydrogen) atoms. The van der Waals surface area contributed by atoms with Crippen molar-refractivity contribution >= 4 is 22.8 Å². The van der Waals surface area contributed by atoms with Crippen LogP contribution in [0.2, 0.25) is 0 Å². The van der Waals surface area contributed by atoms with Crippen LogP contribution in [-0.2, 0) is 6.18 Å². The predicted molar refractivity (Wildman–Crippen MR) is 65.5 cm³/mol. The first-order valence-electron chi connectivity index (χ1n) is 5.23. The summed E-state index contributed by atoms with van der Waals surface area (Å²) in [5.74, 6) is 0. The van der Waals surface area contributed by atoms with Gasteiger partial charge >= 0.3 is 6.18 Å². The number of rotatable bonds is 2.